The van der Waals surface area contributed by atoms with E-state index in [1.165, 1.54) is 11.1 Å². The lowest BCUT2D eigenvalue weighted by Crippen LogP contribution is -2.22. The van der Waals surface area contributed by atoms with Crippen LogP contribution in [-0.4, -0.2) is 27.5 Å². The highest BCUT2D eigenvalue weighted by Crippen LogP contribution is 2.28. The molecule has 0 saturated carbocycles. The molecule has 1 aromatic heterocycles. The van der Waals surface area contributed by atoms with Gasteiger partial charge in [-0.2, -0.15) is 0 Å². The summed E-state index contributed by atoms with van der Waals surface area (Å²) in [5.74, 6) is 1.74. The van der Waals surface area contributed by atoms with Crippen molar-refractivity contribution >= 4 is 11.8 Å². The van der Waals surface area contributed by atoms with Crippen molar-refractivity contribution in [1.29, 1.82) is 0 Å². The zero-order valence-corrected chi connectivity index (χ0v) is 17.8. The molecule has 2 heterocycles. The van der Waals surface area contributed by atoms with Crippen molar-refractivity contribution in [2.75, 3.05) is 6.61 Å². The lowest BCUT2D eigenvalue weighted by atomic mass is 9.87. The van der Waals surface area contributed by atoms with E-state index in [0.717, 1.165) is 49.1 Å². The average molecular weight is 389 g/mol. The van der Waals surface area contributed by atoms with Gasteiger partial charge in [0.1, 0.15) is 0 Å². The van der Waals surface area contributed by atoms with Gasteiger partial charge in [0.05, 0.1) is 18.7 Å². The maximum atomic E-state index is 6.27. The number of hydrogen-bond acceptors (Lipinski definition) is 5. The molecule has 2 N–H and O–H groups in total. The van der Waals surface area contributed by atoms with E-state index in [0.29, 0.717) is 0 Å². The largest absolute Gasteiger partial charge is 0.376 e. The van der Waals surface area contributed by atoms with Gasteiger partial charge in [0.15, 0.2) is 11.0 Å². The van der Waals surface area contributed by atoms with Gasteiger partial charge in [-0.15, -0.1) is 10.2 Å². The summed E-state index contributed by atoms with van der Waals surface area (Å²) in [5, 5.41) is 9.77. The van der Waals surface area contributed by atoms with E-state index in [2.05, 4.69) is 66.7 Å². The third-order valence-electron chi connectivity index (χ3n) is 5.12. The second kappa shape index (κ2) is 8.76. The minimum absolute atomic E-state index is 0.0840. The first-order chi connectivity index (χ1) is 12.9. The molecule has 1 aliphatic rings. The minimum atomic E-state index is -0.0840. The molecule has 0 radical (unpaired) electrons. The maximum Gasteiger partial charge on any atom is 0.191 e. The lowest BCUT2D eigenvalue weighted by molar-refractivity contribution is 0.0938. The molecule has 148 valence electrons. The zero-order valence-electron chi connectivity index (χ0n) is 16.9. The van der Waals surface area contributed by atoms with Crippen molar-refractivity contribution in [3.63, 3.8) is 0 Å². The fraction of sp³-hybridized carbons (Fsp3) is 0.619. The molecule has 1 aliphatic heterocycles. The summed E-state index contributed by atoms with van der Waals surface area (Å²) in [6, 6.07) is 8.80. The fourth-order valence-corrected chi connectivity index (χ4v) is 4.19. The van der Waals surface area contributed by atoms with Gasteiger partial charge in [0.2, 0.25) is 0 Å². The number of hydrogen-bond donors (Lipinski definition) is 1. The van der Waals surface area contributed by atoms with Crippen molar-refractivity contribution in [2.24, 2.45) is 5.73 Å². The molecule has 0 aliphatic carbocycles. The van der Waals surface area contributed by atoms with Gasteiger partial charge in [-0.05, 0) is 35.8 Å². The van der Waals surface area contributed by atoms with Crippen LogP contribution >= 0.6 is 11.8 Å². The van der Waals surface area contributed by atoms with Gasteiger partial charge in [-0.3, -0.25) is 0 Å². The second-order valence-corrected chi connectivity index (χ2v) is 9.28. The Morgan fingerprint density at radius 1 is 1.26 bits per heavy atom. The van der Waals surface area contributed by atoms with Crippen molar-refractivity contribution in [3.8, 4) is 0 Å². The van der Waals surface area contributed by atoms with Crippen LogP contribution < -0.4 is 5.73 Å². The van der Waals surface area contributed by atoms with Gasteiger partial charge in [-0.1, -0.05) is 63.7 Å². The van der Waals surface area contributed by atoms with Gasteiger partial charge in [-0.25, -0.2) is 0 Å². The minimum Gasteiger partial charge on any atom is -0.376 e. The highest BCUT2D eigenvalue weighted by atomic mass is 32.2. The van der Waals surface area contributed by atoms with E-state index in [-0.39, 0.29) is 17.6 Å². The average Bonchev–Trinajstić information content (AvgIpc) is 3.29. The van der Waals surface area contributed by atoms with Gasteiger partial charge >= 0.3 is 0 Å². The number of rotatable bonds is 7. The Bertz CT molecular complexity index is 730. The van der Waals surface area contributed by atoms with E-state index in [1.54, 1.807) is 11.8 Å². The summed E-state index contributed by atoms with van der Waals surface area (Å²) in [7, 11) is 0. The number of benzene rings is 1. The fourth-order valence-electron chi connectivity index (χ4n) is 3.28. The topological polar surface area (TPSA) is 66.0 Å². The SMILES string of the molecule is CCC(N)c1nnc(SCc2ccc(C(C)(C)C)cc2)n1CC1CCCO1. The number of nitrogens with two attached hydrogens (primary N) is 1. The number of ether oxygens (including phenoxy) is 1. The van der Waals surface area contributed by atoms with Crippen LogP contribution in [0, 0.1) is 0 Å². The molecule has 3 rings (SSSR count). The van der Waals surface area contributed by atoms with E-state index < -0.39 is 0 Å². The summed E-state index contributed by atoms with van der Waals surface area (Å²) in [6.07, 6.45) is 3.32. The predicted molar refractivity (Wildman–Crippen MR) is 111 cm³/mol. The predicted octanol–water partition coefficient (Wildman–Crippen LogP) is 4.46. The molecule has 0 amide bonds. The van der Waals surface area contributed by atoms with Crippen LogP contribution in [0.25, 0.3) is 0 Å². The Morgan fingerprint density at radius 3 is 2.59 bits per heavy atom. The molecular weight excluding hydrogens is 356 g/mol. The molecule has 27 heavy (non-hydrogen) atoms. The molecule has 0 spiro atoms. The van der Waals surface area contributed by atoms with Crippen LogP contribution in [0.2, 0.25) is 0 Å². The molecular formula is C21H32N4OS. The molecule has 5 nitrogen and oxygen atoms in total. The molecule has 1 aromatic carbocycles. The summed E-state index contributed by atoms with van der Waals surface area (Å²) in [6.45, 7) is 10.4. The highest BCUT2D eigenvalue weighted by molar-refractivity contribution is 7.98. The summed E-state index contributed by atoms with van der Waals surface area (Å²) >= 11 is 1.72. The summed E-state index contributed by atoms with van der Waals surface area (Å²) < 4.78 is 8.01. The normalized spacial score (nSPS) is 18.8. The van der Waals surface area contributed by atoms with Crippen LogP contribution in [0.1, 0.15) is 70.0 Å². The quantitative estimate of drug-likeness (QED) is 0.710. The Morgan fingerprint density at radius 2 is 2.00 bits per heavy atom. The third kappa shape index (κ3) is 5.12. The third-order valence-corrected chi connectivity index (χ3v) is 6.15. The van der Waals surface area contributed by atoms with Gasteiger partial charge < -0.3 is 15.0 Å². The maximum absolute atomic E-state index is 6.27. The monoisotopic (exact) mass is 388 g/mol. The van der Waals surface area contributed by atoms with E-state index in [4.69, 9.17) is 10.5 Å². The number of aromatic nitrogens is 3. The first kappa shape index (κ1) is 20.4. The second-order valence-electron chi connectivity index (χ2n) is 8.34. The van der Waals surface area contributed by atoms with E-state index in [9.17, 15) is 0 Å². The van der Waals surface area contributed by atoms with Crippen LogP contribution in [0.4, 0.5) is 0 Å². The molecule has 2 atom stereocenters. The van der Waals surface area contributed by atoms with Crippen molar-refractivity contribution in [1.82, 2.24) is 14.8 Å². The van der Waals surface area contributed by atoms with Gasteiger partial charge in [0, 0.05) is 12.4 Å². The first-order valence-corrected chi connectivity index (χ1v) is 10.9. The van der Waals surface area contributed by atoms with Crippen LogP contribution in [0.5, 0.6) is 0 Å². The van der Waals surface area contributed by atoms with Crippen molar-refractivity contribution in [2.45, 2.75) is 82.0 Å². The van der Waals surface area contributed by atoms with E-state index >= 15 is 0 Å². The zero-order chi connectivity index (χ0) is 19.4. The Balaban J connectivity index is 1.72. The Kier molecular flexibility index (Phi) is 6.61. The molecule has 1 saturated heterocycles. The Labute approximate surface area is 167 Å². The summed E-state index contributed by atoms with van der Waals surface area (Å²) in [5.41, 5.74) is 9.10. The smallest absolute Gasteiger partial charge is 0.191 e. The lowest BCUT2D eigenvalue weighted by Gasteiger charge is -2.19. The first-order valence-electron chi connectivity index (χ1n) is 9.91. The van der Waals surface area contributed by atoms with Crippen LogP contribution in [-0.2, 0) is 22.4 Å². The number of nitrogens with zero attached hydrogens (tertiary/aromatic N) is 3. The molecule has 6 heteroatoms. The van der Waals surface area contributed by atoms with Gasteiger partial charge in [0.25, 0.3) is 0 Å². The van der Waals surface area contributed by atoms with Crippen LogP contribution in [0.15, 0.2) is 29.4 Å². The number of thioether (sulfide) groups is 1. The molecule has 2 aromatic rings. The standard InChI is InChI=1S/C21H32N4OS/c1-5-18(22)19-23-24-20(25(19)13-17-7-6-12-26-17)27-14-15-8-10-16(11-9-15)21(2,3)4/h8-11,17-18H,5-7,12-14,22H2,1-4H3. The van der Waals surface area contributed by atoms with Crippen LogP contribution in [0.3, 0.4) is 0 Å². The molecule has 2 unspecified atom stereocenters. The molecule has 1 fully saturated rings. The van der Waals surface area contributed by atoms with E-state index in [1.807, 2.05) is 0 Å². The highest BCUT2D eigenvalue weighted by Gasteiger charge is 2.23. The van der Waals surface area contributed by atoms with Crippen molar-refractivity contribution < 1.29 is 4.74 Å². The molecule has 0 bridgehead atoms. The Hall–Kier alpha value is -1.37. The summed E-state index contributed by atoms with van der Waals surface area (Å²) in [4.78, 5) is 0. The van der Waals surface area contributed by atoms with Crippen molar-refractivity contribution in [3.05, 3.63) is 41.2 Å².